The number of nitrogens with one attached hydrogen (secondary N) is 2. The molecule has 0 aliphatic heterocycles. The Morgan fingerprint density at radius 1 is 1.03 bits per heavy atom. The summed E-state index contributed by atoms with van der Waals surface area (Å²) in [5.41, 5.74) is 6.59. The Bertz CT molecular complexity index is 703. The lowest BCUT2D eigenvalue weighted by molar-refractivity contribution is -0.131. The van der Waals surface area contributed by atoms with Crippen molar-refractivity contribution in [2.75, 3.05) is 13.7 Å². The molecule has 0 fully saturated rings. The van der Waals surface area contributed by atoms with Crippen LogP contribution in [0.4, 0.5) is 0 Å². The molecule has 4 N–H and O–H groups in total. The maximum Gasteiger partial charge on any atom is 0.337 e. The highest BCUT2D eigenvalue weighted by molar-refractivity contribution is 5.91. The molecule has 0 heterocycles. The Morgan fingerprint density at radius 3 is 2.30 bits per heavy atom. The molecule has 0 aliphatic rings. The van der Waals surface area contributed by atoms with Crippen molar-refractivity contribution in [1.29, 1.82) is 0 Å². The first kappa shape index (κ1) is 25.1. The van der Waals surface area contributed by atoms with Gasteiger partial charge in [-0.05, 0) is 30.5 Å². The van der Waals surface area contributed by atoms with Gasteiger partial charge in [-0.1, -0.05) is 44.7 Å². The lowest BCUT2D eigenvalue weighted by atomic mass is 10.1. The first-order chi connectivity index (χ1) is 14.4. The van der Waals surface area contributed by atoms with Gasteiger partial charge in [0.2, 0.25) is 17.7 Å². The molecular weight excluding hydrogens is 386 g/mol. The molecule has 0 aromatic heterocycles. The summed E-state index contributed by atoms with van der Waals surface area (Å²) in [5.74, 6) is -1.77. The summed E-state index contributed by atoms with van der Waals surface area (Å²) in [7, 11) is 1.32. The zero-order valence-corrected chi connectivity index (χ0v) is 17.9. The van der Waals surface area contributed by atoms with Crippen molar-refractivity contribution in [2.45, 2.75) is 64.3 Å². The van der Waals surface area contributed by atoms with Gasteiger partial charge in [0.15, 0.2) is 0 Å². The minimum absolute atomic E-state index is 0.249. The monoisotopic (exact) mass is 419 g/mol. The molecule has 1 aromatic carbocycles. The van der Waals surface area contributed by atoms with E-state index in [1.54, 1.807) is 24.3 Å². The van der Waals surface area contributed by atoms with Crippen LogP contribution in [0.2, 0.25) is 0 Å². The number of benzene rings is 1. The van der Waals surface area contributed by atoms with E-state index in [0.29, 0.717) is 24.9 Å². The molecule has 0 bridgehead atoms. The van der Waals surface area contributed by atoms with Gasteiger partial charge in [0, 0.05) is 13.0 Å². The number of amides is 3. The number of ether oxygens (including phenoxy) is 1. The largest absolute Gasteiger partial charge is 0.465 e. The van der Waals surface area contributed by atoms with E-state index >= 15 is 0 Å². The van der Waals surface area contributed by atoms with E-state index in [1.807, 2.05) is 0 Å². The summed E-state index contributed by atoms with van der Waals surface area (Å²) in [6, 6.07) is 5.88. The van der Waals surface area contributed by atoms with Crippen molar-refractivity contribution in [3.63, 3.8) is 0 Å². The van der Waals surface area contributed by atoms with Gasteiger partial charge in [-0.3, -0.25) is 14.4 Å². The van der Waals surface area contributed by atoms with Crippen LogP contribution in [0.5, 0.6) is 0 Å². The maximum absolute atomic E-state index is 12.4. The third kappa shape index (κ3) is 10.0. The van der Waals surface area contributed by atoms with Crippen LogP contribution in [0.3, 0.4) is 0 Å². The molecule has 8 nitrogen and oxygen atoms in total. The lowest BCUT2D eigenvalue weighted by Crippen LogP contribution is -2.48. The van der Waals surface area contributed by atoms with Crippen molar-refractivity contribution in [1.82, 2.24) is 10.6 Å². The SMILES string of the molecule is CCCCCCCC(=O)N[C@H](CC(N)=O)C(=O)NCCc1ccc(C(=O)OC)cc1. The Hall–Kier alpha value is -2.90. The minimum Gasteiger partial charge on any atom is -0.465 e. The van der Waals surface area contributed by atoms with Gasteiger partial charge < -0.3 is 21.1 Å². The summed E-state index contributed by atoms with van der Waals surface area (Å²) in [5, 5.41) is 5.33. The number of methoxy groups -OCH3 is 1. The van der Waals surface area contributed by atoms with Crippen LogP contribution in [-0.4, -0.2) is 43.4 Å². The van der Waals surface area contributed by atoms with Crippen molar-refractivity contribution in [3.8, 4) is 0 Å². The molecule has 1 rings (SSSR count). The van der Waals surface area contributed by atoms with Crippen LogP contribution < -0.4 is 16.4 Å². The smallest absolute Gasteiger partial charge is 0.337 e. The number of primary amides is 1. The first-order valence-electron chi connectivity index (χ1n) is 10.4. The molecule has 8 heteroatoms. The second-order valence-corrected chi connectivity index (χ2v) is 7.18. The number of carbonyl (C=O) groups is 4. The van der Waals surface area contributed by atoms with Gasteiger partial charge in [0.1, 0.15) is 6.04 Å². The van der Waals surface area contributed by atoms with Crippen molar-refractivity contribution >= 4 is 23.7 Å². The number of esters is 1. The average Bonchev–Trinajstić information content (AvgIpc) is 2.72. The molecule has 30 heavy (non-hydrogen) atoms. The molecule has 0 saturated heterocycles. The van der Waals surface area contributed by atoms with Gasteiger partial charge in [-0.15, -0.1) is 0 Å². The number of unbranched alkanes of at least 4 members (excludes halogenated alkanes) is 4. The van der Waals surface area contributed by atoms with Crippen molar-refractivity contribution in [2.24, 2.45) is 5.73 Å². The fraction of sp³-hybridized carbons (Fsp3) is 0.545. The number of hydrogen-bond donors (Lipinski definition) is 3. The van der Waals surface area contributed by atoms with Crippen LogP contribution in [-0.2, 0) is 25.5 Å². The molecule has 1 atom stereocenters. The van der Waals surface area contributed by atoms with E-state index in [9.17, 15) is 19.2 Å². The summed E-state index contributed by atoms with van der Waals surface area (Å²) in [4.78, 5) is 47.2. The van der Waals surface area contributed by atoms with Gasteiger partial charge in [0.05, 0.1) is 19.1 Å². The summed E-state index contributed by atoms with van der Waals surface area (Å²) < 4.78 is 4.65. The lowest BCUT2D eigenvalue weighted by Gasteiger charge is -2.17. The quantitative estimate of drug-likeness (QED) is 0.313. The van der Waals surface area contributed by atoms with Crippen LogP contribution in [0.15, 0.2) is 24.3 Å². The predicted octanol–water partition coefficient (Wildman–Crippen LogP) is 1.85. The summed E-state index contributed by atoms with van der Waals surface area (Å²) >= 11 is 0. The highest BCUT2D eigenvalue weighted by Gasteiger charge is 2.22. The van der Waals surface area contributed by atoms with Gasteiger partial charge in [0.25, 0.3) is 0 Å². The standard InChI is InChI=1S/C22H33N3O5/c1-3-4-5-6-7-8-20(27)25-18(15-19(23)26)21(28)24-14-13-16-9-11-17(12-10-16)22(29)30-2/h9-12,18H,3-8,13-15H2,1-2H3,(H2,23,26)(H,24,28)(H,25,27)/t18-/m1/s1. The molecule has 0 radical (unpaired) electrons. The van der Waals surface area contributed by atoms with Crippen LogP contribution in [0, 0.1) is 0 Å². The van der Waals surface area contributed by atoms with Crippen LogP contribution >= 0.6 is 0 Å². The first-order valence-corrected chi connectivity index (χ1v) is 10.4. The molecule has 0 spiro atoms. The number of hydrogen-bond acceptors (Lipinski definition) is 5. The third-order valence-corrected chi connectivity index (χ3v) is 4.65. The Labute approximate surface area is 177 Å². The van der Waals surface area contributed by atoms with Crippen LogP contribution in [0.1, 0.15) is 67.8 Å². The fourth-order valence-electron chi connectivity index (χ4n) is 2.94. The number of nitrogens with two attached hydrogens (primary N) is 1. The molecule has 1 aromatic rings. The van der Waals surface area contributed by atoms with Gasteiger partial charge in [-0.25, -0.2) is 4.79 Å². The second kappa shape index (κ2) is 14.1. The predicted molar refractivity (Wildman–Crippen MR) is 114 cm³/mol. The highest BCUT2D eigenvalue weighted by atomic mass is 16.5. The third-order valence-electron chi connectivity index (χ3n) is 4.65. The normalized spacial score (nSPS) is 11.4. The Morgan fingerprint density at radius 2 is 1.70 bits per heavy atom. The molecular formula is C22H33N3O5. The van der Waals surface area contributed by atoms with E-state index in [4.69, 9.17) is 5.73 Å². The molecule has 0 unspecified atom stereocenters. The topological polar surface area (TPSA) is 128 Å². The molecule has 0 aliphatic carbocycles. The number of carbonyl (C=O) groups excluding carboxylic acids is 4. The van der Waals surface area contributed by atoms with Crippen LogP contribution in [0.25, 0.3) is 0 Å². The zero-order valence-electron chi connectivity index (χ0n) is 17.9. The maximum atomic E-state index is 12.4. The molecule has 166 valence electrons. The number of rotatable bonds is 14. The van der Waals surface area contributed by atoms with E-state index in [-0.39, 0.29) is 12.3 Å². The molecule has 0 saturated carbocycles. The van der Waals surface area contributed by atoms with E-state index in [2.05, 4.69) is 22.3 Å². The zero-order chi connectivity index (χ0) is 22.4. The van der Waals surface area contributed by atoms with E-state index in [0.717, 1.165) is 37.7 Å². The Kier molecular flexibility index (Phi) is 11.8. The van der Waals surface area contributed by atoms with Gasteiger partial charge >= 0.3 is 5.97 Å². The summed E-state index contributed by atoms with van der Waals surface area (Å²) in [6.45, 7) is 2.44. The minimum atomic E-state index is -0.979. The van der Waals surface area contributed by atoms with Gasteiger partial charge in [-0.2, -0.15) is 0 Å². The Balaban J connectivity index is 2.47. The highest BCUT2D eigenvalue weighted by Crippen LogP contribution is 2.07. The van der Waals surface area contributed by atoms with E-state index in [1.165, 1.54) is 7.11 Å². The second-order valence-electron chi connectivity index (χ2n) is 7.18. The van der Waals surface area contributed by atoms with Crippen molar-refractivity contribution in [3.05, 3.63) is 35.4 Å². The van der Waals surface area contributed by atoms with E-state index < -0.39 is 23.8 Å². The fourth-order valence-corrected chi connectivity index (χ4v) is 2.94. The van der Waals surface area contributed by atoms with Crippen molar-refractivity contribution < 1.29 is 23.9 Å². The molecule has 3 amide bonds. The average molecular weight is 420 g/mol. The summed E-state index contributed by atoms with van der Waals surface area (Å²) in [6.07, 6.45) is 5.65.